The summed E-state index contributed by atoms with van der Waals surface area (Å²) in [6.07, 6.45) is 1.54. The van der Waals surface area contributed by atoms with Crippen molar-refractivity contribution in [3.05, 3.63) is 58.9 Å². The fraction of sp³-hybridized carbons (Fsp3) is 0.200. The smallest absolute Gasteiger partial charge is 0.288 e. The molecule has 0 bridgehead atoms. The molecule has 3 aromatic rings. The van der Waals surface area contributed by atoms with Crippen LogP contribution in [0.4, 0.5) is 4.39 Å². The summed E-state index contributed by atoms with van der Waals surface area (Å²) < 4.78 is 25.4. The first-order chi connectivity index (χ1) is 10.6. The molecule has 0 unspecified atom stereocenters. The number of hydrogen-bond acceptors (Lipinski definition) is 5. The molecule has 3 rings (SSSR count). The van der Waals surface area contributed by atoms with Gasteiger partial charge in [-0.25, -0.2) is 9.07 Å². The Balaban J connectivity index is 1.72. The lowest BCUT2D eigenvalue weighted by Gasteiger charge is -2.15. The van der Waals surface area contributed by atoms with Gasteiger partial charge in [0.1, 0.15) is 5.82 Å². The Hall–Kier alpha value is -2.25. The minimum atomic E-state index is -0.246. The van der Waals surface area contributed by atoms with Gasteiger partial charge in [-0.2, -0.15) is 0 Å². The van der Waals surface area contributed by atoms with Crippen LogP contribution >= 0.6 is 12.2 Å². The third-order valence-electron chi connectivity index (χ3n) is 3.06. The van der Waals surface area contributed by atoms with E-state index >= 15 is 0 Å². The van der Waals surface area contributed by atoms with E-state index in [0.717, 1.165) is 5.56 Å². The van der Waals surface area contributed by atoms with E-state index in [1.165, 1.54) is 12.1 Å². The van der Waals surface area contributed by atoms with Crippen LogP contribution in [0.15, 0.2) is 51.5 Å². The molecule has 2 heterocycles. The Morgan fingerprint density at radius 1 is 1.32 bits per heavy atom. The lowest BCUT2D eigenvalue weighted by Crippen LogP contribution is -2.22. The highest BCUT2D eigenvalue weighted by Gasteiger charge is 2.12. The third-order valence-corrected chi connectivity index (χ3v) is 3.35. The summed E-state index contributed by atoms with van der Waals surface area (Å²) in [7, 11) is 1.90. The predicted molar refractivity (Wildman–Crippen MR) is 80.9 cm³/mol. The Bertz CT molecular complexity index is 810. The Kier molecular flexibility index (Phi) is 4.17. The quantitative estimate of drug-likeness (QED) is 0.671. The van der Waals surface area contributed by atoms with Crippen LogP contribution in [0.3, 0.4) is 0 Å². The molecule has 0 amide bonds. The van der Waals surface area contributed by atoms with Crippen LogP contribution in [0.1, 0.15) is 5.56 Å². The maximum absolute atomic E-state index is 13.2. The van der Waals surface area contributed by atoms with Crippen molar-refractivity contribution in [1.82, 2.24) is 14.7 Å². The lowest BCUT2D eigenvalue weighted by atomic mass is 10.2. The fourth-order valence-corrected chi connectivity index (χ4v) is 2.30. The second-order valence-corrected chi connectivity index (χ2v) is 5.28. The van der Waals surface area contributed by atoms with Gasteiger partial charge in [-0.15, -0.1) is 5.10 Å². The van der Waals surface area contributed by atoms with Crippen molar-refractivity contribution >= 4 is 12.2 Å². The SMILES string of the molecule is CN(Cc1cccc(F)c1)Cn1nc(-c2ccco2)oc1=S. The van der Waals surface area contributed by atoms with Crippen LogP contribution < -0.4 is 0 Å². The number of furan rings is 1. The van der Waals surface area contributed by atoms with Crippen molar-refractivity contribution in [2.24, 2.45) is 0 Å². The standard InChI is InChI=1S/C15H14FN3O2S/c1-18(9-11-4-2-5-12(16)8-11)10-19-15(22)21-14(17-19)13-6-3-7-20-13/h2-8H,9-10H2,1H3. The van der Waals surface area contributed by atoms with Crippen LogP contribution in [0.2, 0.25) is 0 Å². The predicted octanol–water partition coefficient (Wildman–Crippen LogP) is 3.69. The van der Waals surface area contributed by atoms with E-state index in [2.05, 4.69) is 5.10 Å². The molecule has 0 atom stereocenters. The molecule has 0 fully saturated rings. The highest BCUT2D eigenvalue weighted by Crippen LogP contribution is 2.18. The summed E-state index contributed by atoms with van der Waals surface area (Å²) in [6, 6.07) is 10.00. The molecule has 114 valence electrons. The molecule has 0 aliphatic rings. The van der Waals surface area contributed by atoms with Crippen molar-refractivity contribution < 1.29 is 13.2 Å². The molecule has 0 spiro atoms. The van der Waals surface area contributed by atoms with Gasteiger partial charge < -0.3 is 8.83 Å². The maximum Gasteiger partial charge on any atom is 0.288 e. The molecule has 0 radical (unpaired) electrons. The Labute approximate surface area is 131 Å². The maximum atomic E-state index is 13.2. The Morgan fingerprint density at radius 3 is 2.91 bits per heavy atom. The molecule has 22 heavy (non-hydrogen) atoms. The van der Waals surface area contributed by atoms with Crippen molar-refractivity contribution in [3.8, 4) is 11.7 Å². The van der Waals surface area contributed by atoms with Gasteiger partial charge in [0.25, 0.3) is 10.7 Å². The second-order valence-electron chi connectivity index (χ2n) is 4.94. The van der Waals surface area contributed by atoms with Gasteiger partial charge >= 0.3 is 0 Å². The highest BCUT2D eigenvalue weighted by molar-refractivity contribution is 7.71. The van der Waals surface area contributed by atoms with E-state index in [1.54, 1.807) is 29.1 Å². The highest BCUT2D eigenvalue weighted by atomic mass is 32.1. The van der Waals surface area contributed by atoms with Crippen molar-refractivity contribution in [2.45, 2.75) is 13.2 Å². The average molecular weight is 319 g/mol. The minimum absolute atomic E-state index is 0.246. The zero-order valence-electron chi connectivity index (χ0n) is 11.9. The second kappa shape index (κ2) is 6.25. The number of hydrogen-bond donors (Lipinski definition) is 0. The summed E-state index contributed by atoms with van der Waals surface area (Å²) in [6.45, 7) is 1.00. The topological polar surface area (TPSA) is 47.3 Å². The largest absolute Gasteiger partial charge is 0.459 e. The lowest BCUT2D eigenvalue weighted by molar-refractivity contribution is 0.240. The first-order valence-electron chi connectivity index (χ1n) is 6.66. The van der Waals surface area contributed by atoms with E-state index in [-0.39, 0.29) is 10.7 Å². The van der Waals surface area contributed by atoms with Gasteiger partial charge in [-0.05, 0) is 49.1 Å². The van der Waals surface area contributed by atoms with Gasteiger partial charge in [0, 0.05) is 6.54 Å². The van der Waals surface area contributed by atoms with Crippen LogP contribution in [-0.4, -0.2) is 21.7 Å². The monoisotopic (exact) mass is 319 g/mol. The van der Waals surface area contributed by atoms with E-state index in [4.69, 9.17) is 21.1 Å². The fourth-order valence-electron chi connectivity index (χ4n) is 2.12. The number of halogens is 1. The van der Waals surface area contributed by atoms with Crippen LogP contribution in [0.5, 0.6) is 0 Å². The summed E-state index contributed by atoms with van der Waals surface area (Å²) in [4.78, 5) is 2.22. The summed E-state index contributed by atoms with van der Waals surface area (Å²) in [5.74, 6) is 0.621. The zero-order chi connectivity index (χ0) is 15.5. The number of aromatic nitrogens is 2. The number of nitrogens with zero attached hydrogens (tertiary/aromatic N) is 3. The van der Waals surface area contributed by atoms with E-state index < -0.39 is 0 Å². The minimum Gasteiger partial charge on any atom is -0.459 e. The normalized spacial score (nSPS) is 11.2. The molecule has 7 heteroatoms. The van der Waals surface area contributed by atoms with Gasteiger partial charge in [-0.3, -0.25) is 4.90 Å². The van der Waals surface area contributed by atoms with Crippen LogP contribution in [0.25, 0.3) is 11.7 Å². The average Bonchev–Trinajstić information content (AvgIpc) is 3.09. The third kappa shape index (κ3) is 3.32. The van der Waals surface area contributed by atoms with E-state index in [0.29, 0.717) is 24.9 Å². The van der Waals surface area contributed by atoms with E-state index in [1.807, 2.05) is 18.0 Å². The van der Waals surface area contributed by atoms with Gasteiger partial charge in [0.2, 0.25) is 0 Å². The molecular formula is C15H14FN3O2S. The van der Waals surface area contributed by atoms with E-state index in [9.17, 15) is 4.39 Å². The van der Waals surface area contributed by atoms with Crippen LogP contribution in [-0.2, 0) is 13.2 Å². The molecule has 0 N–H and O–H groups in total. The molecule has 0 saturated carbocycles. The zero-order valence-corrected chi connectivity index (χ0v) is 12.7. The molecule has 0 aliphatic carbocycles. The first kappa shape index (κ1) is 14.7. The Morgan fingerprint density at radius 2 is 2.18 bits per heavy atom. The summed E-state index contributed by atoms with van der Waals surface area (Å²) >= 11 is 5.16. The molecule has 1 aromatic carbocycles. The van der Waals surface area contributed by atoms with Crippen molar-refractivity contribution in [1.29, 1.82) is 0 Å². The van der Waals surface area contributed by atoms with Gasteiger partial charge in [-0.1, -0.05) is 12.1 Å². The molecule has 0 saturated heterocycles. The number of benzene rings is 1. The molecule has 2 aromatic heterocycles. The van der Waals surface area contributed by atoms with Gasteiger partial charge in [0.05, 0.1) is 12.9 Å². The number of rotatable bonds is 5. The van der Waals surface area contributed by atoms with Crippen molar-refractivity contribution in [2.75, 3.05) is 7.05 Å². The summed E-state index contributed by atoms with van der Waals surface area (Å²) in [5.41, 5.74) is 0.878. The van der Waals surface area contributed by atoms with Crippen molar-refractivity contribution in [3.63, 3.8) is 0 Å². The first-order valence-corrected chi connectivity index (χ1v) is 7.07. The molecule has 0 aliphatic heterocycles. The molecular weight excluding hydrogens is 305 g/mol. The van der Waals surface area contributed by atoms with Crippen LogP contribution in [0, 0.1) is 10.7 Å². The summed E-state index contributed by atoms with van der Waals surface area (Å²) in [5, 5.41) is 4.29. The molecule has 5 nitrogen and oxygen atoms in total. The van der Waals surface area contributed by atoms with Gasteiger partial charge in [0.15, 0.2) is 5.76 Å².